The Balaban J connectivity index is 1.62. The van der Waals surface area contributed by atoms with Gasteiger partial charge in [-0.25, -0.2) is 0 Å². The van der Waals surface area contributed by atoms with Gasteiger partial charge in [0, 0.05) is 17.5 Å². The topological polar surface area (TPSA) is 105 Å². The Morgan fingerprint density at radius 2 is 2.11 bits per heavy atom. The van der Waals surface area contributed by atoms with Crippen LogP contribution in [0.4, 0.5) is 5.69 Å². The molecule has 1 aliphatic rings. The number of aromatic amines is 1. The van der Waals surface area contributed by atoms with Crippen LogP contribution in [0, 0.1) is 0 Å². The first-order valence-corrected chi connectivity index (χ1v) is 9.75. The molecule has 2 atom stereocenters. The molecule has 0 saturated carbocycles. The SMILES string of the molecule is CC(C(=O)[O-])N1C(=O)C(NC(=O)c2cc3cc(Cl)sc3[nH]2)Cc2ccccc21. The number of halogens is 1. The van der Waals surface area contributed by atoms with Crippen LogP contribution < -0.4 is 15.3 Å². The van der Waals surface area contributed by atoms with Crippen molar-refractivity contribution < 1.29 is 19.5 Å². The quantitative estimate of drug-likeness (QED) is 0.675. The summed E-state index contributed by atoms with van der Waals surface area (Å²) in [5.74, 6) is -2.30. The van der Waals surface area contributed by atoms with Crippen molar-refractivity contribution in [1.82, 2.24) is 10.3 Å². The summed E-state index contributed by atoms with van der Waals surface area (Å²) in [4.78, 5) is 41.9. The molecular formula is C19H15ClN3O4S-. The number of anilines is 1. The van der Waals surface area contributed by atoms with E-state index in [-0.39, 0.29) is 6.42 Å². The fraction of sp³-hybridized carbons (Fsp3) is 0.211. The summed E-state index contributed by atoms with van der Waals surface area (Å²) in [7, 11) is 0. The molecular weight excluding hydrogens is 402 g/mol. The number of carbonyl (C=O) groups excluding carboxylic acids is 3. The maximum absolute atomic E-state index is 13.0. The van der Waals surface area contributed by atoms with E-state index in [1.54, 1.807) is 30.3 Å². The van der Waals surface area contributed by atoms with Crippen LogP contribution in [0.2, 0.25) is 4.34 Å². The number of hydrogen-bond acceptors (Lipinski definition) is 5. The number of hydrogen-bond donors (Lipinski definition) is 2. The number of amides is 2. The van der Waals surface area contributed by atoms with Gasteiger partial charge in [0.2, 0.25) is 0 Å². The lowest BCUT2D eigenvalue weighted by molar-refractivity contribution is -0.307. The van der Waals surface area contributed by atoms with Crippen LogP contribution >= 0.6 is 22.9 Å². The van der Waals surface area contributed by atoms with E-state index in [1.807, 2.05) is 6.07 Å². The van der Waals surface area contributed by atoms with Gasteiger partial charge in [-0.15, -0.1) is 11.3 Å². The minimum atomic E-state index is -1.36. The van der Waals surface area contributed by atoms with Gasteiger partial charge >= 0.3 is 0 Å². The van der Waals surface area contributed by atoms with Crippen molar-refractivity contribution in [1.29, 1.82) is 0 Å². The third-order valence-electron chi connectivity index (χ3n) is 4.77. The number of carboxylic acids is 1. The molecule has 0 bridgehead atoms. The largest absolute Gasteiger partial charge is 0.548 e. The molecule has 144 valence electrons. The normalized spacial score (nSPS) is 17.4. The summed E-state index contributed by atoms with van der Waals surface area (Å²) in [5, 5.41) is 14.9. The summed E-state index contributed by atoms with van der Waals surface area (Å²) < 4.78 is 0.610. The van der Waals surface area contributed by atoms with Crippen LogP contribution in [0.3, 0.4) is 0 Å². The Hall–Kier alpha value is -2.84. The molecule has 0 aliphatic carbocycles. The van der Waals surface area contributed by atoms with Crippen molar-refractivity contribution in [2.24, 2.45) is 0 Å². The first kappa shape index (κ1) is 18.5. The van der Waals surface area contributed by atoms with Crippen molar-refractivity contribution in [3.63, 3.8) is 0 Å². The van der Waals surface area contributed by atoms with Gasteiger partial charge in [-0.1, -0.05) is 29.8 Å². The number of rotatable bonds is 4. The van der Waals surface area contributed by atoms with E-state index in [2.05, 4.69) is 10.3 Å². The smallest absolute Gasteiger partial charge is 0.268 e. The van der Waals surface area contributed by atoms with Crippen molar-refractivity contribution in [2.75, 3.05) is 4.90 Å². The van der Waals surface area contributed by atoms with Crippen molar-refractivity contribution >= 4 is 56.6 Å². The number of benzene rings is 1. The molecule has 1 aromatic carbocycles. The van der Waals surface area contributed by atoms with Crippen LogP contribution in [0.15, 0.2) is 36.4 Å². The number of carboxylic acid groups (broad SMARTS) is 1. The van der Waals surface area contributed by atoms with E-state index >= 15 is 0 Å². The summed E-state index contributed by atoms with van der Waals surface area (Å²) in [5.41, 5.74) is 1.61. The van der Waals surface area contributed by atoms with Gasteiger partial charge in [-0.05, 0) is 30.7 Å². The van der Waals surface area contributed by atoms with Gasteiger partial charge < -0.3 is 25.1 Å². The summed E-state index contributed by atoms with van der Waals surface area (Å²) in [6.45, 7) is 1.39. The number of thiophene rings is 1. The summed E-state index contributed by atoms with van der Waals surface area (Å²) >= 11 is 7.26. The lowest BCUT2D eigenvalue weighted by Crippen LogP contribution is -2.58. The second kappa shape index (κ2) is 6.96. The number of fused-ring (bicyclic) bond motifs is 2. The second-order valence-electron chi connectivity index (χ2n) is 6.58. The highest BCUT2D eigenvalue weighted by Crippen LogP contribution is 2.31. The van der Waals surface area contributed by atoms with Gasteiger partial charge in [-0.3, -0.25) is 9.59 Å². The molecule has 4 rings (SSSR count). The predicted octanol–water partition coefficient (Wildman–Crippen LogP) is 1.71. The zero-order valence-electron chi connectivity index (χ0n) is 14.7. The Morgan fingerprint density at radius 1 is 1.36 bits per heavy atom. The number of carbonyl (C=O) groups is 3. The van der Waals surface area contributed by atoms with Crippen molar-refractivity contribution in [3.05, 3.63) is 52.0 Å². The molecule has 2 aromatic heterocycles. The van der Waals surface area contributed by atoms with E-state index in [0.717, 1.165) is 15.8 Å². The van der Waals surface area contributed by atoms with E-state index < -0.39 is 29.9 Å². The molecule has 3 aromatic rings. The predicted molar refractivity (Wildman–Crippen MR) is 105 cm³/mol. The number of para-hydroxylation sites is 1. The first-order chi connectivity index (χ1) is 13.3. The molecule has 0 saturated heterocycles. The molecule has 2 amide bonds. The average Bonchev–Trinajstić information content (AvgIpc) is 3.19. The Kier molecular flexibility index (Phi) is 4.60. The van der Waals surface area contributed by atoms with Crippen LogP contribution in [0.25, 0.3) is 10.2 Å². The van der Waals surface area contributed by atoms with Crippen LogP contribution in [-0.4, -0.2) is 34.9 Å². The lowest BCUT2D eigenvalue weighted by atomic mass is 9.95. The summed E-state index contributed by atoms with van der Waals surface area (Å²) in [6.07, 6.45) is 0.276. The Labute approximate surface area is 168 Å². The monoisotopic (exact) mass is 416 g/mol. The van der Waals surface area contributed by atoms with E-state index in [0.29, 0.717) is 15.7 Å². The van der Waals surface area contributed by atoms with E-state index in [9.17, 15) is 19.5 Å². The van der Waals surface area contributed by atoms with Crippen LogP contribution in [-0.2, 0) is 16.0 Å². The van der Waals surface area contributed by atoms with Gasteiger partial charge in [0.25, 0.3) is 11.8 Å². The molecule has 28 heavy (non-hydrogen) atoms. The third kappa shape index (κ3) is 3.14. The molecule has 3 heterocycles. The highest BCUT2D eigenvalue weighted by atomic mass is 35.5. The second-order valence-corrected chi connectivity index (χ2v) is 8.26. The lowest BCUT2D eigenvalue weighted by Gasteiger charge is -2.38. The van der Waals surface area contributed by atoms with Crippen LogP contribution in [0.1, 0.15) is 23.0 Å². The van der Waals surface area contributed by atoms with Crippen molar-refractivity contribution in [2.45, 2.75) is 25.4 Å². The number of H-pyrrole nitrogens is 1. The number of aliphatic carboxylic acids is 1. The molecule has 0 fully saturated rings. The molecule has 1 aliphatic heterocycles. The molecule has 0 spiro atoms. The minimum absolute atomic E-state index is 0.276. The van der Waals surface area contributed by atoms with Gasteiger partial charge in [0.1, 0.15) is 16.6 Å². The van der Waals surface area contributed by atoms with Gasteiger partial charge in [-0.2, -0.15) is 0 Å². The minimum Gasteiger partial charge on any atom is -0.548 e. The van der Waals surface area contributed by atoms with Crippen LogP contribution in [0.5, 0.6) is 0 Å². The number of nitrogens with zero attached hydrogens (tertiary/aromatic N) is 1. The zero-order chi connectivity index (χ0) is 20.0. The maximum atomic E-state index is 13.0. The maximum Gasteiger partial charge on any atom is 0.268 e. The Morgan fingerprint density at radius 3 is 2.82 bits per heavy atom. The van der Waals surface area contributed by atoms with Gasteiger partial charge in [0.15, 0.2) is 0 Å². The van der Waals surface area contributed by atoms with Gasteiger partial charge in [0.05, 0.1) is 16.3 Å². The average molecular weight is 417 g/mol. The molecule has 2 unspecified atom stereocenters. The molecule has 7 nitrogen and oxygen atoms in total. The highest BCUT2D eigenvalue weighted by molar-refractivity contribution is 7.22. The number of aromatic nitrogens is 1. The van der Waals surface area contributed by atoms with E-state index in [4.69, 9.17) is 11.6 Å². The van der Waals surface area contributed by atoms with Crippen molar-refractivity contribution in [3.8, 4) is 0 Å². The fourth-order valence-corrected chi connectivity index (χ4v) is 4.51. The molecule has 0 radical (unpaired) electrons. The highest BCUT2D eigenvalue weighted by Gasteiger charge is 2.36. The molecule has 9 heteroatoms. The first-order valence-electron chi connectivity index (χ1n) is 8.56. The zero-order valence-corrected chi connectivity index (χ0v) is 16.3. The molecule has 2 N–H and O–H groups in total. The third-order valence-corrected chi connectivity index (χ3v) is 5.96. The summed E-state index contributed by atoms with van der Waals surface area (Å²) in [6, 6.07) is 8.40. The van der Waals surface area contributed by atoms with E-state index in [1.165, 1.54) is 23.2 Å². The fourth-order valence-electron chi connectivity index (χ4n) is 3.38. The Bertz CT molecular complexity index is 1070. The number of nitrogens with one attached hydrogen (secondary N) is 2. The standard InChI is InChI=1S/C19H16ClN3O4S/c1-9(19(26)27)23-14-5-3-2-4-10(14)6-13(18(23)25)21-16(24)12-7-11-8-15(20)28-17(11)22-12/h2-5,7-9,13,22H,6H2,1H3,(H,21,24)(H,26,27)/p-1.